The van der Waals surface area contributed by atoms with Gasteiger partial charge in [-0.2, -0.15) is 0 Å². The average molecular weight is 257 g/mol. The lowest BCUT2D eigenvalue weighted by atomic mass is 10.0. The fourth-order valence-electron chi connectivity index (χ4n) is 2.44. The topological polar surface area (TPSA) is 42.7 Å². The molecule has 2 aromatic rings. The highest BCUT2D eigenvalue weighted by molar-refractivity contribution is 6.04. The van der Waals surface area contributed by atoms with Gasteiger partial charge >= 0.3 is 0 Å². The Hall–Kier alpha value is -2.23. The summed E-state index contributed by atoms with van der Waals surface area (Å²) >= 11 is 0. The number of anilines is 1. The zero-order valence-corrected chi connectivity index (χ0v) is 10.8. The molecule has 1 aliphatic heterocycles. The minimum atomic E-state index is -0.0869. The summed E-state index contributed by atoms with van der Waals surface area (Å²) in [7, 11) is 1.65. The Morgan fingerprint density at radius 1 is 1.37 bits per heavy atom. The Balaban J connectivity index is 1.96. The predicted molar refractivity (Wildman–Crippen MR) is 71.7 cm³/mol. The second-order valence-corrected chi connectivity index (χ2v) is 4.53. The van der Waals surface area contributed by atoms with Gasteiger partial charge in [-0.05, 0) is 48.7 Å². The van der Waals surface area contributed by atoms with Crippen molar-refractivity contribution in [3.05, 3.63) is 47.9 Å². The maximum absolute atomic E-state index is 12.4. The maximum atomic E-state index is 12.4. The van der Waals surface area contributed by atoms with E-state index in [4.69, 9.17) is 9.15 Å². The molecule has 1 aliphatic rings. The molecule has 4 nitrogen and oxygen atoms in total. The summed E-state index contributed by atoms with van der Waals surface area (Å²) in [6.45, 7) is 0.721. The van der Waals surface area contributed by atoms with Gasteiger partial charge in [0.1, 0.15) is 5.75 Å². The van der Waals surface area contributed by atoms with Crippen LogP contribution < -0.4 is 9.64 Å². The van der Waals surface area contributed by atoms with Crippen molar-refractivity contribution < 1.29 is 13.9 Å². The molecule has 0 bridgehead atoms. The largest absolute Gasteiger partial charge is 0.497 e. The van der Waals surface area contributed by atoms with E-state index < -0.39 is 0 Å². The summed E-state index contributed by atoms with van der Waals surface area (Å²) in [5.74, 6) is 1.12. The van der Waals surface area contributed by atoms with Gasteiger partial charge in [0.15, 0.2) is 5.76 Å². The van der Waals surface area contributed by atoms with E-state index in [0.717, 1.165) is 36.4 Å². The molecule has 0 N–H and O–H groups in total. The van der Waals surface area contributed by atoms with Gasteiger partial charge in [-0.15, -0.1) is 0 Å². The van der Waals surface area contributed by atoms with Crippen LogP contribution in [0.1, 0.15) is 22.5 Å². The number of hydrogen-bond donors (Lipinski definition) is 0. The molecule has 1 aromatic carbocycles. The van der Waals surface area contributed by atoms with Gasteiger partial charge < -0.3 is 14.1 Å². The van der Waals surface area contributed by atoms with Gasteiger partial charge in [-0.3, -0.25) is 4.79 Å². The number of fused-ring (bicyclic) bond motifs is 1. The standard InChI is InChI=1S/C15H15NO3/c1-18-12-6-7-13-11(10-12)4-2-8-16(13)15(17)14-5-3-9-19-14/h3,5-7,9-10H,2,4,8H2,1H3. The van der Waals surface area contributed by atoms with E-state index in [2.05, 4.69) is 0 Å². The third kappa shape index (κ3) is 2.10. The van der Waals surface area contributed by atoms with Crippen LogP contribution in [-0.2, 0) is 6.42 Å². The second kappa shape index (κ2) is 4.80. The van der Waals surface area contributed by atoms with Crippen LogP contribution in [0.25, 0.3) is 0 Å². The van der Waals surface area contributed by atoms with Crippen LogP contribution in [0, 0.1) is 0 Å². The first-order valence-corrected chi connectivity index (χ1v) is 6.32. The lowest BCUT2D eigenvalue weighted by molar-refractivity contribution is 0.0958. The molecule has 0 saturated heterocycles. The summed E-state index contributed by atoms with van der Waals surface area (Å²) in [6, 6.07) is 9.24. The number of rotatable bonds is 2. The van der Waals surface area contributed by atoms with Crippen molar-refractivity contribution in [1.29, 1.82) is 0 Å². The monoisotopic (exact) mass is 257 g/mol. The van der Waals surface area contributed by atoms with Gasteiger partial charge in [0.25, 0.3) is 5.91 Å². The molecular formula is C15H15NO3. The first-order chi connectivity index (χ1) is 9.29. The number of aryl methyl sites for hydroxylation is 1. The predicted octanol–water partition coefficient (Wildman–Crippen LogP) is 2.88. The molecular weight excluding hydrogens is 242 g/mol. The molecule has 0 fully saturated rings. The molecule has 3 rings (SSSR count). The molecule has 0 atom stereocenters. The first kappa shape index (κ1) is 11.8. The molecule has 19 heavy (non-hydrogen) atoms. The molecule has 0 unspecified atom stereocenters. The summed E-state index contributed by atoms with van der Waals surface area (Å²) in [5, 5.41) is 0. The van der Waals surface area contributed by atoms with Crippen LogP contribution in [0.3, 0.4) is 0 Å². The molecule has 0 aliphatic carbocycles. The van der Waals surface area contributed by atoms with E-state index in [-0.39, 0.29) is 5.91 Å². The van der Waals surface area contributed by atoms with Crippen molar-refractivity contribution in [2.24, 2.45) is 0 Å². The Labute approximate surface area is 111 Å². The molecule has 98 valence electrons. The highest BCUT2D eigenvalue weighted by Gasteiger charge is 2.25. The zero-order chi connectivity index (χ0) is 13.2. The maximum Gasteiger partial charge on any atom is 0.293 e. The molecule has 1 aromatic heterocycles. The number of ether oxygens (including phenoxy) is 1. The number of nitrogens with zero attached hydrogens (tertiary/aromatic N) is 1. The van der Waals surface area contributed by atoms with E-state index in [1.165, 1.54) is 6.26 Å². The minimum absolute atomic E-state index is 0.0869. The molecule has 4 heteroatoms. The van der Waals surface area contributed by atoms with Crippen LogP contribution in [0.5, 0.6) is 5.75 Å². The van der Waals surface area contributed by atoms with E-state index in [1.807, 2.05) is 18.2 Å². The van der Waals surface area contributed by atoms with Crippen molar-refractivity contribution in [3.63, 3.8) is 0 Å². The number of methoxy groups -OCH3 is 1. The van der Waals surface area contributed by atoms with Crippen LogP contribution in [-0.4, -0.2) is 19.6 Å². The third-order valence-corrected chi connectivity index (χ3v) is 3.38. The molecule has 0 radical (unpaired) electrons. The summed E-state index contributed by atoms with van der Waals surface area (Å²) in [4.78, 5) is 14.2. The highest BCUT2D eigenvalue weighted by Crippen LogP contribution is 2.31. The lowest BCUT2D eigenvalue weighted by Crippen LogP contribution is -2.35. The third-order valence-electron chi connectivity index (χ3n) is 3.38. The van der Waals surface area contributed by atoms with Crippen LogP contribution >= 0.6 is 0 Å². The van der Waals surface area contributed by atoms with Crippen molar-refractivity contribution in [3.8, 4) is 5.75 Å². The number of carbonyl (C=O) groups is 1. The summed E-state index contributed by atoms with van der Waals surface area (Å²) in [5.41, 5.74) is 2.10. The molecule has 0 saturated carbocycles. The van der Waals surface area contributed by atoms with E-state index in [9.17, 15) is 4.79 Å². The summed E-state index contributed by atoms with van der Waals surface area (Å²) in [6.07, 6.45) is 3.44. The zero-order valence-electron chi connectivity index (χ0n) is 10.8. The fourth-order valence-corrected chi connectivity index (χ4v) is 2.44. The Morgan fingerprint density at radius 3 is 3.00 bits per heavy atom. The van der Waals surface area contributed by atoms with E-state index >= 15 is 0 Å². The van der Waals surface area contributed by atoms with Gasteiger partial charge in [0.05, 0.1) is 13.4 Å². The quantitative estimate of drug-likeness (QED) is 0.830. The van der Waals surface area contributed by atoms with E-state index in [1.54, 1.807) is 24.1 Å². The average Bonchev–Trinajstić information content (AvgIpc) is 2.99. The number of carbonyl (C=O) groups excluding carboxylic acids is 1. The molecule has 2 heterocycles. The van der Waals surface area contributed by atoms with Crippen molar-refractivity contribution in [1.82, 2.24) is 0 Å². The van der Waals surface area contributed by atoms with Crippen LogP contribution in [0.2, 0.25) is 0 Å². The van der Waals surface area contributed by atoms with Gasteiger partial charge in [-0.25, -0.2) is 0 Å². The fraction of sp³-hybridized carbons (Fsp3) is 0.267. The van der Waals surface area contributed by atoms with Gasteiger partial charge in [-0.1, -0.05) is 0 Å². The minimum Gasteiger partial charge on any atom is -0.497 e. The Morgan fingerprint density at radius 2 is 2.26 bits per heavy atom. The lowest BCUT2D eigenvalue weighted by Gasteiger charge is -2.29. The number of amides is 1. The normalized spacial score (nSPS) is 14.1. The second-order valence-electron chi connectivity index (χ2n) is 4.53. The van der Waals surface area contributed by atoms with Crippen molar-refractivity contribution in [2.75, 3.05) is 18.6 Å². The Bertz CT molecular complexity index is 589. The molecule has 1 amide bonds. The number of benzene rings is 1. The highest BCUT2D eigenvalue weighted by atomic mass is 16.5. The van der Waals surface area contributed by atoms with Crippen molar-refractivity contribution >= 4 is 11.6 Å². The first-order valence-electron chi connectivity index (χ1n) is 6.32. The molecule has 0 spiro atoms. The smallest absolute Gasteiger partial charge is 0.293 e. The number of hydrogen-bond acceptors (Lipinski definition) is 3. The van der Waals surface area contributed by atoms with E-state index in [0.29, 0.717) is 5.76 Å². The van der Waals surface area contributed by atoms with Crippen LogP contribution in [0.15, 0.2) is 41.0 Å². The summed E-state index contributed by atoms with van der Waals surface area (Å²) < 4.78 is 10.4. The number of furan rings is 1. The van der Waals surface area contributed by atoms with Gasteiger partial charge in [0, 0.05) is 12.2 Å². The van der Waals surface area contributed by atoms with Gasteiger partial charge in [0.2, 0.25) is 0 Å². The van der Waals surface area contributed by atoms with Crippen LogP contribution in [0.4, 0.5) is 5.69 Å². The SMILES string of the molecule is COc1ccc2c(c1)CCCN2C(=O)c1ccco1. The van der Waals surface area contributed by atoms with Crippen molar-refractivity contribution in [2.45, 2.75) is 12.8 Å². The Kier molecular flexibility index (Phi) is 2.99.